The van der Waals surface area contributed by atoms with Crippen molar-refractivity contribution in [1.82, 2.24) is 0 Å². The summed E-state index contributed by atoms with van der Waals surface area (Å²) in [5.41, 5.74) is 0.567. The average Bonchev–Trinajstić information content (AvgIpc) is 2.48. The predicted molar refractivity (Wildman–Crippen MR) is 81.7 cm³/mol. The van der Waals surface area contributed by atoms with Gasteiger partial charge in [0.1, 0.15) is 11.6 Å². The maximum atomic E-state index is 13.2. The van der Waals surface area contributed by atoms with Gasteiger partial charge in [0.2, 0.25) is 0 Å². The summed E-state index contributed by atoms with van der Waals surface area (Å²) in [7, 11) is 0. The van der Waals surface area contributed by atoms with E-state index in [4.69, 9.17) is 9.47 Å². The van der Waals surface area contributed by atoms with E-state index in [2.05, 4.69) is 5.32 Å². The number of hydrogen-bond acceptors (Lipinski definition) is 4. The third-order valence-corrected chi connectivity index (χ3v) is 3.72. The molecule has 1 aliphatic rings. The first-order valence-electron chi connectivity index (χ1n) is 7.16. The molecule has 1 fully saturated rings. The largest absolute Gasteiger partial charge is 0.455 e. The zero-order chi connectivity index (χ0) is 15.4. The lowest BCUT2D eigenvalue weighted by molar-refractivity contribution is -0.128. The number of nitrogens with one attached hydrogen (secondary N) is 1. The molecule has 0 unspecified atom stereocenters. The van der Waals surface area contributed by atoms with Gasteiger partial charge in [-0.15, -0.1) is 0 Å². The van der Waals surface area contributed by atoms with Gasteiger partial charge in [0.25, 0.3) is 0 Å². The predicted octanol–water partition coefficient (Wildman–Crippen LogP) is 3.04. The minimum absolute atomic E-state index is 0.0763. The number of ether oxygens (including phenoxy) is 2. The van der Waals surface area contributed by atoms with Crippen molar-refractivity contribution >= 4 is 5.69 Å². The van der Waals surface area contributed by atoms with Crippen molar-refractivity contribution in [2.75, 3.05) is 31.7 Å². The van der Waals surface area contributed by atoms with Crippen LogP contribution in [0.15, 0.2) is 48.5 Å². The van der Waals surface area contributed by atoms with Gasteiger partial charge in [0.15, 0.2) is 5.75 Å². The van der Waals surface area contributed by atoms with E-state index in [1.165, 1.54) is 12.1 Å². The summed E-state index contributed by atoms with van der Waals surface area (Å²) in [5, 5.41) is 12.7. The first-order valence-corrected chi connectivity index (χ1v) is 7.16. The first-order chi connectivity index (χ1) is 10.7. The Balaban J connectivity index is 1.72. The van der Waals surface area contributed by atoms with Crippen LogP contribution in [-0.4, -0.2) is 31.5 Å². The minimum Gasteiger partial charge on any atom is -0.455 e. The SMILES string of the molecule is OCC1(CNc2ccccc2Oc2cccc(F)c2)COC1. The number of aliphatic hydroxyl groups is 1. The van der Waals surface area contributed by atoms with Gasteiger partial charge in [-0.05, 0) is 24.3 Å². The van der Waals surface area contributed by atoms with E-state index in [-0.39, 0.29) is 17.8 Å². The summed E-state index contributed by atoms with van der Waals surface area (Å²) in [4.78, 5) is 0. The Morgan fingerprint density at radius 2 is 2.00 bits per heavy atom. The molecule has 0 amide bonds. The molecule has 0 atom stereocenters. The van der Waals surface area contributed by atoms with Crippen LogP contribution in [0.3, 0.4) is 0 Å². The van der Waals surface area contributed by atoms with Crippen LogP contribution >= 0.6 is 0 Å². The second-order valence-electron chi connectivity index (χ2n) is 5.56. The van der Waals surface area contributed by atoms with Crippen molar-refractivity contribution in [3.05, 3.63) is 54.3 Å². The average molecular weight is 303 g/mol. The molecule has 0 spiro atoms. The third-order valence-electron chi connectivity index (χ3n) is 3.72. The standard InChI is InChI=1S/C17H18FNO3/c18-13-4-3-5-14(8-13)22-16-7-2-1-6-15(16)19-9-17(10-20)11-21-12-17/h1-8,19-20H,9-12H2. The molecule has 22 heavy (non-hydrogen) atoms. The van der Waals surface area contributed by atoms with Gasteiger partial charge in [-0.2, -0.15) is 0 Å². The normalized spacial score (nSPS) is 15.9. The molecule has 0 aliphatic carbocycles. The highest BCUT2D eigenvalue weighted by molar-refractivity contribution is 5.57. The Labute approximate surface area is 128 Å². The van der Waals surface area contributed by atoms with Crippen LogP contribution in [0, 0.1) is 11.2 Å². The van der Waals surface area contributed by atoms with Crippen molar-refractivity contribution in [3.63, 3.8) is 0 Å². The molecule has 0 saturated carbocycles. The number of benzene rings is 2. The molecule has 1 saturated heterocycles. The summed E-state index contributed by atoms with van der Waals surface area (Å²) >= 11 is 0. The van der Waals surface area contributed by atoms with Gasteiger partial charge < -0.3 is 19.9 Å². The fourth-order valence-corrected chi connectivity index (χ4v) is 2.28. The number of para-hydroxylation sites is 2. The molecule has 2 N–H and O–H groups in total. The van der Waals surface area contributed by atoms with Crippen molar-refractivity contribution < 1.29 is 19.0 Å². The fourth-order valence-electron chi connectivity index (χ4n) is 2.28. The van der Waals surface area contributed by atoms with Crippen LogP contribution in [0.5, 0.6) is 11.5 Å². The van der Waals surface area contributed by atoms with Crippen LogP contribution < -0.4 is 10.1 Å². The highest BCUT2D eigenvalue weighted by Crippen LogP contribution is 2.32. The second-order valence-corrected chi connectivity index (χ2v) is 5.56. The molecule has 2 aromatic rings. The Hall–Kier alpha value is -2.11. The Bertz CT molecular complexity index is 638. The van der Waals surface area contributed by atoms with Crippen molar-refractivity contribution in [2.45, 2.75) is 0 Å². The molecule has 1 heterocycles. The molecule has 4 nitrogen and oxygen atoms in total. The van der Waals surface area contributed by atoms with Gasteiger partial charge in [0, 0.05) is 12.6 Å². The van der Waals surface area contributed by atoms with Gasteiger partial charge in [0.05, 0.1) is 30.9 Å². The third kappa shape index (κ3) is 3.21. The number of hydrogen-bond donors (Lipinski definition) is 2. The highest BCUT2D eigenvalue weighted by Gasteiger charge is 2.37. The zero-order valence-electron chi connectivity index (χ0n) is 12.1. The molecule has 0 bridgehead atoms. The Kier molecular flexibility index (Phi) is 4.27. The van der Waals surface area contributed by atoms with E-state index in [1.807, 2.05) is 24.3 Å². The summed E-state index contributed by atoms with van der Waals surface area (Å²) in [6.45, 7) is 1.76. The van der Waals surface area contributed by atoms with E-state index >= 15 is 0 Å². The number of halogens is 1. The van der Waals surface area contributed by atoms with Gasteiger partial charge in [-0.3, -0.25) is 0 Å². The topological polar surface area (TPSA) is 50.7 Å². The molecule has 0 radical (unpaired) electrons. The molecular weight excluding hydrogens is 285 g/mol. The molecular formula is C17H18FNO3. The maximum Gasteiger partial charge on any atom is 0.150 e. The van der Waals surface area contributed by atoms with E-state index in [0.29, 0.717) is 31.3 Å². The van der Waals surface area contributed by atoms with Gasteiger partial charge in [-0.1, -0.05) is 18.2 Å². The summed E-state index contributed by atoms with van der Waals surface area (Å²) in [5.74, 6) is 0.716. The summed E-state index contributed by atoms with van der Waals surface area (Å²) < 4.78 is 24.2. The molecule has 2 aromatic carbocycles. The molecule has 0 aromatic heterocycles. The van der Waals surface area contributed by atoms with E-state index in [1.54, 1.807) is 12.1 Å². The first kappa shape index (κ1) is 14.8. The molecule has 5 heteroatoms. The fraction of sp³-hybridized carbons (Fsp3) is 0.294. The van der Waals surface area contributed by atoms with Crippen molar-refractivity contribution in [1.29, 1.82) is 0 Å². The number of aliphatic hydroxyl groups excluding tert-OH is 1. The van der Waals surface area contributed by atoms with Crippen LogP contribution in [0.2, 0.25) is 0 Å². The molecule has 1 aliphatic heterocycles. The lowest BCUT2D eigenvalue weighted by Gasteiger charge is -2.40. The summed E-state index contributed by atoms with van der Waals surface area (Å²) in [6.07, 6.45) is 0. The maximum absolute atomic E-state index is 13.2. The zero-order valence-corrected chi connectivity index (χ0v) is 12.1. The van der Waals surface area contributed by atoms with E-state index < -0.39 is 0 Å². The van der Waals surface area contributed by atoms with Crippen LogP contribution in [0.25, 0.3) is 0 Å². The van der Waals surface area contributed by atoms with Gasteiger partial charge in [-0.25, -0.2) is 4.39 Å². The second kappa shape index (κ2) is 6.34. The van der Waals surface area contributed by atoms with E-state index in [9.17, 15) is 9.50 Å². The lowest BCUT2D eigenvalue weighted by Crippen LogP contribution is -2.50. The number of anilines is 1. The van der Waals surface area contributed by atoms with Crippen molar-refractivity contribution in [3.8, 4) is 11.5 Å². The monoisotopic (exact) mass is 303 g/mol. The lowest BCUT2D eigenvalue weighted by atomic mass is 9.87. The van der Waals surface area contributed by atoms with Gasteiger partial charge >= 0.3 is 0 Å². The molecule has 116 valence electrons. The van der Waals surface area contributed by atoms with Crippen LogP contribution in [0.1, 0.15) is 0 Å². The van der Waals surface area contributed by atoms with E-state index in [0.717, 1.165) is 5.69 Å². The Morgan fingerprint density at radius 3 is 2.68 bits per heavy atom. The minimum atomic E-state index is -0.339. The van der Waals surface area contributed by atoms with Crippen LogP contribution in [-0.2, 0) is 4.74 Å². The van der Waals surface area contributed by atoms with Crippen LogP contribution in [0.4, 0.5) is 10.1 Å². The van der Waals surface area contributed by atoms with Crippen molar-refractivity contribution in [2.24, 2.45) is 5.41 Å². The molecule has 3 rings (SSSR count). The highest BCUT2D eigenvalue weighted by atomic mass is 19.1. The Morgan fingerprint density at radius 1 is 1.18 bits per heavy atom. The quantitative estimate of drug-likeness (QED) is 0.861. The smallest absolute Gasteiger partial charge is 0.150 e. The summed E-state index contributed by atoms with van der Waals surface area (Å²) in [6, 6.07) is 13.5. The number of rotatable bonds is 6.